The van der Waals surface area contributed by atoms with Crippen molar-refractivity contribution in [2.45, 2.75) is 13.1 Å². The first-order valence-electron chi connectivity index (χ1n) is 9.11. The highest BCUT2D eigenvalue weighted by Gasteiger charge is 2.14. The second-order valence-corrected chi connectivity index (χ2v) is 6.60. The van der Waals surface area contributed by atoms with Gasteiger partial charge in [-0.3, -0.25) is 9.36 Å². The van der Waals surface area contributed by atoms with Crippen molar-refractivity contribution in [2.24, 2.45) is 5.73 Å². The van der Waals surface area contributed by atoms with Crippen LogP contribution in [-0.2, 0) is 13.1 Å². The van der Waals surface area contributed by atoms with Gasteiger partial charge in [0.15, 0.2) is 0 Å². The fraction of sp³-hybridized carbons (Fsp3) is 0.130. The number of para-hydroxylation sites is 1. The number of fused-ring (bicyclic) bond motifs is 1. The van der Waals surface area contributed by atoms with Crippen LogP contribution in [0, 0.1) is 0 Å². The summed E-state index contributed by atoms with van der Waals surface area (Å²) in [5.41, 5.74) is 9.25. The van der Waals surface area contributed by atoms with E-state index in [4.69, 9.17) is 15.5 Å². The molecule has 0 saturated heterocycles. The molecule has 0 amide bonds. The van der Waals surface area contributed by atoms with Gasteiger partial charge in [-0.15, -0.1) is 0 Å². The predicted octanol–water partition coefficient (Wildman–Crippen LogP) is 3.58. The minimum Gasteiger partial charge on any atom is -0.497 e. The lowest BCUT2D eigenvalue weighted by atomic mass is 10.1. The molecule has 2 N–H and O–H groups in total. The molecule has 4 rings (SSSR count). The maximum Gasteiger partial charge on any atom is 0.261 e. The Hall–Kier alpha value is -3.44. The average Bonchev–Trinajstić information content (AvgIpc) is 2.75. The largest absolute Gasteiger partial charge is 0.497 e. The molecule has 0 radical (unpaired) electrons. The van der Waals surface area contributed by atoms with Crippen molar-refractivity contribution in [3.8, 4) is 17.1 Å². The first-order chi connectivity index (χ1) is 13.7. The van der Waals surface area contributed by atoms with Crippen molar-refractivity contribution in [1.29, 1.82) is 0 Å². The van der Waals surface area contributed by atoms with E-state index >= 15 is 0 Å². The third-order valence-electron chi connectivity index (χ3n) is 4.76. The molecule has 5 heteroatoms. The second-order valence-electron chi connectivity index (χ2n) is 6.60. The molecule has 140 valence electrons. The molecule has 0 saturated carbocycles. The lowest BCUT2D eigenvalue weighted by molar-refractivity contribution is 0.415. The molecule has 0 bridgehead atoms. The van der Waals surface area contributed by atoms with Crippen LogP contribution in [-0.4, -0.2) is 16.7 Å². The van der Waals surface area contributed by atoms with Gasteiger partial charge in [-0.1, -0.05) is 48.5 Å². The molecule has 4 aromatic rings. The van der Waals surface area contributed by atoms with Crippen LogP contribution in [0.5, 0.6) is 5.75 Å². The van der Waals surface area contributed by atoms with E-state index in [1.165, 1.54) is 0 Å². The van der Waals surface area contributed by atoms with Crippen molar-refractivity contribution in [1.82, 2.24) is 9.55 Å². The van der Waals surface area contributed by atoms with Gasteiger partial charge in [0, 0.05) is 12.1 Å². The van der Waals surface area contributed by atoms with Crippen LogP contribution < -0.4 is 16.0 Å². The molecule has 1 aromatic heterocycles. The smallest absolute Gasteiger partial charge is 0.261 e. The summed E-state index contributed by atoms with van der Waals surface area (Å²) in [5.74, 6) is 1.33. The third-order valence-corrected chi connectivity index (χ3v) is 4.76. The summed E-state index contributed by atoms with van der Waals surface area (Å²) < 4.78 is 7.07. The first-order valence-corrected chi connectivity index (χ1v) is 9.11. The van der Waals surface area contributed by atoms with Gasteiger partial charge in [-0.05, 0) is 35.4 Å². The number of nitrogens with zero attached hydrogens (tertiary/aromatic N) is 2. The summed E-state index contributed by atoms with van der Waals surface area (Å²) in [6, 6.07) is 23.0. The predicted molar refractivity (Wildman–Crippen MR) is 111 cm³/mol. The molecule has 1 heterocycles. The fourth-order valence-corrected chi connectivity index (χ4v) is 3.33. The molecule has 0 aliphatic rings. The molecule has 0 fully saturated rings. The van der Waals surface area contributed by atoms with Crippen LogP contribution in [0.2, 0.25) is 0 Å². The molecule has 0 aliphatic heterocycles. The van der Waals surface area contributed by atoms with Crippen molar-refractivity contribution in [3.05, 3.63) is 94.3 Å². The Morgan fingerprint density at radius 3 is 2.57 bits per heavy atom. The van der Waals surface area contributed by atoms with Gasteiger partial charge in [0.05, 0.1) is 24.6 Å². The minimum atomic E-state index is -0.0680. The van der Waals surface area contributed by atoms with Crippen LogP contribution in [0.25, 0.3) is 22.3 Å². The van der Waals surface area contributed by atoms with Crippen LogP contribution in [0.4, 0.5) is 0 Å². The van der Waals surface area contributed by atoms with Crippen molar-refractivity contribution >= 4 is 10.9 Å². The van der Waals surface area contributed by atoms with Gasteiger partial charge in [0.1, 0.15) is 11.6 Å². The maximum absolute atomic E-state index is 13.3. The van der Waals surface area contributed by atoms with E-state index in [0.717, 1.165) is 22.4 Å². The number of aromatic nitrogens is 2. The molecular weight excluding hydrogens is 350 g/mol. The summed E-state index contributed by atoms with van der Waals surface area (Å²) in [7, 11) is 1.62. The monoisotopic (exact) mass is 371 g/mol. The number of methoxy groups -OCH3 is 1. The van der Waals surface area contributed by atoms with Gasteiger partial charge < -0.3 is 10.5 Å². The van der Waals surface area contributed by atoms with E-state index in [-0.39, 0.29) is 5.56 Å². The molecule has 0 atom stereocenters. The van der Waals surface area contributed by atoms with Crippen LogP contribution in [0.1, 0.15) is 11.1 Å². The van der Waals surface area contributed by atoms with Gasteiger partial charge >= 0.3 is 0 Å². The van der Waals surface area contributed by atoms with E-state index in [1.807, 2.05) is 72.8 Å². The lowest BCUT2D eigenvalue weighted by Crippen LogP contribution is -2.24. The second kappa shape index (κ2) is 7.66. The Balaban J connectivity index is 1.94. The Kier molecular flexibility index (Phi) is 4.91. The Bertz CT molecular complexity index is 1200. The lowest BCUT2D eigenvalue weighted by Gasteiger charge is -2.15. The van der Waals surface area contributed by atoms with Gasteiger partial charge in [-0.2, -0.15) is 0 Å². The summed E-state index contributed by atoms with van der Waals surface area (Å²) in [6.45, 7) is 0.874. The van der Waals surface area contributed by atoms with E-state index in [2.05, 4.69) is 0 Å². The van der Waals surface area contributed by atoms with Gasteiger partial charge in [0.25, 0.3) is 5.56 Å². The minimum absolute atomic E-state index is 0.0680. The van der Waals surface area contributed by atoms with Crippen LogP contribution in [0.15, 0.2) is 77.6 Å². The van der Waals surface area contributed by atoms with Crippen LogP contribution in [0.3, 0.4) is 0 Å². The quantitative estimate of drug-likeness (QED) is 0.582. The molecule has 3 aromatic carbocycles. The summed E-state index contributed by atoms with van der Waals surface area (Å²) in [4.78, 5) is 18.1. The third kappa shape index (κ3) is 3.40. The van der Waals surface area contributed by atoms with Crippen molar-refractivity contribution in [2.75, 3.05) is 7.11 Å². The molecule has 28 heavy (non-hydrogen) atoms. The number of hydrogen-bond acceptors (Lipinski definition) is 4. The van der Waals surface area contributed by atoms with Crippen LogP contribution >= 0.6 is 0 Å². The number of hydrogen-bond donors (Lipinski definition) is 1. The zero-order chi connectivity index (χ0) is 19.5. The summed E-state index contributed by atoms with van der Waals surface area (Å²) in [5, 5.41) is 0.601. The summed E-state index contributed by atoms with van der Waals surface area (Å²) >= 11 is 0. The average molecular weight is 371 g/mol. The number of benzene rings is 3. The van der Waals surface area contributed by atoms with E-state index in [0.29, 0.717) is 29.8 Å². The van der Waals surface area contributed by atoms with Gasteiger partial charge in [0.2, 0.25) is 0 Å². The number of nitrogens with two attached hydrogens (primary N) is 1. The van der Waals surface area contributed by atoms with Gasteiger partial charge in [-0.25, -0.2) is 4.98 Å². The van der Waals surface area contributed by atoms with Crippen molar-refractivity contribution < 1.29 is 4.74 Å². The van der Waals surface area contributed by atoms with Crippen molar-refractivity contribution in [3.63, 3.8) is 0 Å². The molecule has 5 nitrogen and oxygen atoms in total. The Morgan fingerprint density at radius 1 is 0.964 bits per heavy atom. The zero-order valence-electron chi connectivity index (χ0n) is 15.6. The fourth-order valence-electron chi connectivity index (χ4n) is 3.33. The normalized spacial score (nSPS) is 10.9. The van der Waals surface area contributed by atoms with E-state index in [1.54, 1.807) is 11.7 Å². The summed E-state index contributed by atoms with van der Waals surface area (Å²) in [6.07, 6.45) is 0. The molecule has 0 unspecified atom stereocenters. The number of ether oxygens (including phenoxy) is 1. The Labute approximate surface area is 163 Å². The zero-order valence-corrected chi connectivity index (χ0v) is 15.6. The first kappa shape index (κ1) is 17.9. The Morgan fingerprint density at radius 2 is 1.75 bits per heavy atom. The molecule has 0 spiro atoms. The standard InChI is InChI=1S/C23H21N3O2/c1-28-19-9-5-8-18(13-19)22-25-21-11-3-2-10-20(21)23(27)26(22)15-17-7-4-6-16(12-17)14-24/h2-13H,14-15,24H2,1H3. The number of rotatable bonds is 5. The topological polar surface area (TPSA) is 70.1 Å². The maximum atomic E-state index is 13.3. The highest BCUT2D eigenvalue weighted by atomic mass is 16.5. The highest BCUT2D eigenvalue weighted by molar-refractivity contribution is 5.79. The highest BCUT2D eigenvalue weighted by Crippen LogP contribution is 2.24. The molecule has 0 aliphatic carbocycles. The van der Waals surface area contributed by atoms with E-state index in [9.17, 15) is 4.79 Å². The molecular formula is C23H21N3O2. The van der Waals surface area contributed by atoms with E-state index < -0.39 is 0 Å². The SMILES string of the molecule is COc1cccc(-c2nc3ccccc3c(=O)n2Cc2cccc(CN)c2)c1.